The predicted octanol–water partition coefficient (Wildman–Crippen LogP) is 2.44. The second-order valence-corrected chi connectivity index (χ2v) is 6.64. The summed E-state index contributed by atoms with van der Waals surface area (Å²) in [7, 11) is 1.35. The highest BCUT2D eigenvalue weighted by atomic mass is 32.1. The van der Waals surface area contributed by atoms with Crippen molar-refractivity contribution in [2.24, 2.45) is 7.05 Å². The molecule has 0 fully saturated rings. The van der Waals surface area contributed by atoms with Crippen LogP contribution in [0.15, 0.2) is 46.2 Å². The summed E-state index contributed by atoms with van der Waals surface area (Å²) in [4.78, 5) is 28.1. The highest BCUT2D eigenvalue weighted by molar-refractivity contribution is 7.15. The molecule has 3 aromatic rings. The van der Waals surface area contributed by atoms with Gasteiger partial charge < -0.3 is 5.11 Å². The first kappa shape index (κ1) is 17.9. The molecule has 10 heteroatoms. The SMILES string of the molecule is Cn1c(=O)ccn(Cc2cnc(-c3cc(O)cc(C(F)(F)F)c3)s2)c1=O. The van der Waals surface area contributed by atoms with Crippen LogP contribution in [0.25, 0.3) is 10.6 Å². The van der Waals surface area contributed by atoms with Gasteiger partial charge in [0.25, 0.3) is 5.56 Å². The number of hydrogen-bond donors (Lipinski definition) is 1. The summed E-state index contributed by atoms with van der Waals surface area (Å²) in [5, 5.41) is 9.83. The van der Waals surface area contributed by atoms with Crippen molar-refractivity contribution in [1.82, 2.24) is 14.1 Å². The van der Waals surface area contributed by atoms with Gasteiger partial charge in [-0.15, -0.1) is 11.3 Å². The van der Waals surface area contributed by atoms with Gasteiger partial charge in [-0.05, 0) is 18.2 Å². The van der Waals surface area contributed by atoms with Crippen molar-refractivity contribution < 1.29 is 18.3 Å². The van der Waals surface area contributed by atoms with Gasteiger partial charge in [0.05, 0.1) is 12.1 Å². The molecule has 0 bridgehead atoms. The first-order valence-electron chi connectivity index (χ1n) is 7.28. The lowest BCUT2D eigenvalue weighted by atomic mass is 10.1. The molecule has 0 aliphatic rings. The number of phenols is 1. The number of nitrogens with zero attached hydrogens (tertiary/aromatic N) is 3. The standard InChI is InChI=1S/C16H12F3N3O3S/c1-21-13(24)2-3-22(15(21)25)8-12-7-20-14(26-12)9-4-10(16(17,18)19)6-11(23)5-9/h2-7,23H,8H2,1H3. The number of thiazole rings is 1. The van der Waals surface area contributed by atoms with Crippen LogP contribution >= 0.6 is 11.3 Å². The molecule has 2 heterocycles. The molecule has 0 radical (unpaired) electrons. The van der Waals surface area contributed by atoms with Crippen molar-refractivity contribution in [2.75, 3.05) is 0 Å². The molecule has 0 aliphatic carbocycles. The van der Waals surface area contributed by atoms with Gasteiger partial charge in [-0.3, -0.25) is 13.9 Å². The molecule has 26 heavy (non-hydrogen) atoms. The number of benzene rings is 1. The van der Waals surface area contributed by atoms with E-state index in [2.05, 4.69) is 4.98 Å². The van der Waals surface area contributed by atoms with E-state index < -0.39 is 28.7 Å². The van der Waals surface area contributed by atoms with Crippen molar-refractivity contribution in [1.29, 1.82) is 0 Å². The van der Waals surface area contributed by atoms with E-state index in [9.17, 15) is 27.9 Å². The molecule has 3 rings (SSSR count). The molecule has 136 valence electrons. The highest BCUT2D eigenvalue weighted by Crippen LogP contribution is 2.36. The average molecular weight is 383 g/mol. The Hall–Kier alpha value is -2.88. The van der Waals surface area contributed by atoms with E-state index in [4.69, 9.17) is 0 Å². The van der Waals surface area contributed by atoms with Gasteiger partial charge in [0.1, 0.15) is 10.8 Å². The average Bonchev–Trinajstić information content (AvgIpc) is 3.03. The van der Waals surface area contributed by atoms with Gasteiger partial charge in [-0.1, -0.05) is 0 Å². The molecule has 0 saturated carbocycles. The van der Waals surface area contributed by atoms with Gasteiger partial charge in [-0.2, -0.15) is 13.2 Å². The topological polar surface area (TPSA) is 77.1 Å². The van der Waals surface area contributed by atoms with Crippen molar-refractivity contribution in [3.63, 3.8) is 0 Å². The number of rotatable bonds is 3. The molecular weight excluding hydrogens is 371 g/mol. The molecule has 0 spiro atoms. The molecular formula is C16H12F3N3O3S. The van der Waals surface area contributed by atoms with Gasteiger partial charge in [0.15, 0.2) is 0 Å². The maximum absolute atomic E-state index is 12.9. The number of aromatic nitrogens is 3. The Labute approximate surface area is 148 Å². The lowest BCUT2D eigenvalue weighted by Gasteiger charge is -2.08. The molecule has 0 amide bonds. The summed E-state index contributed by atoms with van der Waals surface area (Å²) >= 11 is 1.09. The summed E-state index contributed by atoms with van der Waals surface area (Å²) in [6.07, 6.45) is -1.80. The Bertz CT molecular complexity index is 1080. The van der Waals surface area contributed by atoms with Crippen LogP contribution < -0.4 is 11.2 Å². The highest BCUT2D eigenvalue weighted by Gasteiger charge is 2.31. The Morgan fingerprint density at radius 3 is 2.65 bits per heavy atom. The lowest BCUT2D eigenvalue weighted by molar-refractivity contribution is -0.137. The smallest absolute Gasteiger partial charge is 0.416 e. The largest absolute Gasteiger partial charge is 0.508 e. The molecule has 0 saturated heterocycles. The minimum absolute atomic E-state index is 0.121. The monoisotopic (exact) mass is 383 g/mol. The zero-order valence-electron chi connectivity index (χ0n) is 13.3. The Morgan fingerprint density at radius 1 is 1.23 bits per heavy atom. The maximum Gasteiger partial charge on any atom is 0.416 e. The lowest BCUT2D eigenvalue weighted by Crippen LogP contribution is -2.36. The third-order valence-electron chi connectivity index (χ3n) is 3.63. The second kappa shape index (κ2) is 6.45. The molecule has 6 nitrogen and oxygen atoms in total. The van der Waals surface area contributed by atoms with Crippen LogP contribution in [0.1, 0.15) is 10.4 Å². The van der Waals surface area contributed by atoms with Crippen LogP contribution in [0.4, 0.5) is 13.2 Å². The second-order valence-electron chi connectivity index (χ2n) is 5.52. The first-order chi connectivity index (χ1) is 12.1. The third-order valence-corrected chi connectivity index (χ3v) is 4.66. The molecule has 1 N–H and O–H groups in total. The van der Waals surface area contributed by atoms with Crippen LogP contribution in [0, 0.1) is 0 Å². The van der Waals surface area contributed by atoms with Crippen molar-refractivity contribution in [3.8, 4) is 16.3 Å². The Morgan fingerprint density at radius 2 is 1.96 bits per heavy atom. The van der Waals surface area contributed by atoms with Crippen LogP contribution in [0.3, 0.4) is 0 Å². The summed E-state index contributed by atoms with van der Waals surface area (Å²) < 4.78 is 40.9. The van der Waals surface area contributed by atoms with Gasteiger partial charge in [0, 0.05) is 35.9 Å². The molecule has 0 aliphatic heterocycles. The van der Waals surface area contributed by atoms with Gasteiger partial charge in [0.2, 0.25) is 0 Å². The fourth-order valence-electron chi connectivity index (χ4n) is 2.32. The number of hydrogen-bond acceptors (Lipinski definition) is 5. The van der Waals surface area contributed by atoms with Crippen molar-refractivity contribution in [2.45, 2.75) is 12.7 Å². The maximum atomic E-state index is 12.9. The molecule has 2 aromatic heterocycles. The minimum atomic E-state index is -4.59. The van der Waals surface area contributed by atoms with Gasteiger partial charge in [-0.25, -0.2) is 9.78 Å². The first-order valence-corrected chi connectivity index (χ1v) is 8.09. The Kier molecular flexibility index (Phi) is 4.45. The fraction of sp³-hybridized carbons (Fsp3) is 0.188. The van der Waals surface area contributed by atoms with E-state index in [0.29, 0.717) is 10.9 Å². The summed E-state index contributed by atoms with van der Waals surface area (Å²) in [5.41, 5.74) is -1.79. The predicted molar refractivity (Wildman–Crippen MR) is 89.3 cm³/mol. The van der Waals surface area contributed by atoms with Gasteiger partial charge >= 0.3 is 11.9 Å². The zero-order valence-corrected chi connectivity index (χ0v) is 14.1. The van der Waals surface area contributed by atoms with Crippen molar-refractivity contribution in [3.05, 3.63) is 67.9 Å². The number of halogens is 3. The quantitative estimate of drug-likeness (QED) is 0.754. The van der Waals surface area contributed by atoms with E-state index in [-0.39, 0.29) is 17.1 Å². The normalized spacial score (nSPS) is 11.7. The molecule has 1 aromatic carbocycles. The van der Waals surface area contributed by atoms with Crippen LogP contribution in [-0.4, -0.2) is 19.2 Å². The molecule has 0 unspecified atom stereocenters. The minimum Gasteiger partial charge on any atom is -0.508 e. The number of aromatic hydroxyl groups is 1. The molecule has 0 atom stereocenters. The Balaban J connectivity index is 1.94. The van der Waals surface area contributed by atoms with E-state index in [0.717, 1.165) is 22.0 Å². The number of alkyl halides is 3. The number of phenolic OH excluding ortho intramolecular Hbond substituents is 1. The van der Waals surface area contributed by atoms with Crippen LogP contribution in [0.5, 0.6) is 5.75 Å². The van der Waals surface area contributed by atoms with E-state index in [1.54, 1.807) is 0 Å². The summed E-state index contributed by atoms with van der Waals surface area (Å²) in [6, 6.07) is 3.98. The van der Waals surface area contributed by atoms with E-state index >= 15 is 0 Å². The van der Waals surface area contributed by atoms with Crippen LogP contribution in [-0.2, 0) is 19.8 Å². The summed E-state index contributed by atoms with van der Waals surface area (Å²) in [5.74, 6) is -0.513. The van der Waals surface area contributed by atoms with E-state index in [1.165, 1.54) is 36.1 Å². The van der Waals surface area contributed by atoms with Crippen molar-refractivity contribution >= 4 is 11.3 Å². The van der Waals surface area contributed by atoms with Crippen LogP contribution in [0.2, 0.25) is 0 Å². The fourth-order valence-corrected chi connectivity index (χ4v) is 3.22. The summed E-state index contributed by atoms with van der Waals surface area (Å²) in [6.45, 7) is 0.121. The third kappa shape index (κ3) is 3.54. The van der Waals surface area contributed by atoms with E-state index in [1.807, 2.05) is 0 Å². The zero-order chi connectivity index (χ0) is 19.1.